The van der Waals surface area contributed by atoms with Crippen LogP contribution in [0.1, 0.15) is 26.3 Å². The lowest BCUT2D eigenvalue weighted by Gasteiger charge is -2.28. The van der Waals surface area contributed by atoms with Crippen molar-refractivity contribution < 1.29 is 14.3 Å². The van der Waals surface area contributed by atoms with Gasteiger partial charge in [0.05, 0.1) is 13.7 Å². The van der Waals surface area contributed by atoms with E-state index in [0.29, 0.717) is 6.54 Å². The van der Waals surface area contributed by atoms with Gasteiger partial charge in [0.1, 0.15) is 11.4 Å². The standard InChI is InChI=1S/C21H25NO3/c1-16(17-9-7-6-8-10-17)15-22(20(23)25-21(2,3)4)18-11-13-19(24-5)14-12-18/h6-14H,1,15H2,2-5H3. The molecule has 0 unspecified atom stereocenters. The smallest absolute Gasteiger partial charge is 0.415 e. The van der Waals surface area contributed by atoms with Gasteiger partial charge < -0.3 is 9.47 Å². The molecule has 25 heavy (non-hydrogen) atoms. The van der Waals surface area contributed by atoms with Crippen LogP contribution in [0.2, 0.25) is 0 Å². The molecule has 0 atom stereocenters. The Morgan fingerprint density at radius 1 is 1.04 bits per heavy atom. The van der Waals surface area contributed by atoms with Crippen LogP contribution < -0.4 is 9.64 Å². The van der Waals surface area contributed by atoms with E-state index in [0.717, 1.165) is 22.6 Å². The molecule has 2 rings (SSSR count). The van der Waals surface area contributed by atoms with Gasteiger partial charge in [0.2, 0.25) is 0 Å². The van der Waals surface area contributed by atoms with Crippen LogP contribution in [0, 0.1) is 0 Å². The fraction of sp³-hybridized carbons (Fsp3) is 0.286. The van der Waals surface area contributed by atoms with Gasteiger partial charge in [-0.1, -0.05) is 36.9 Å². The first-order valence-corrected chi connectivity index (χ1v) is 8.18. The van der Waals surface area contributed by atoms with Gasteiger partial charge in [-0.3, -0.25) is 4.90 Å². The van der Waals surface area contributed by atoms with E-state index in [4.69, 9.17) is 9.47 Å². The maximum absolute atomic E-state index is 12.7. The van der Waals surface area contributed by atoms with Crippen LogP contribution in [0.4, 0.5) is 10.5 Å². The van der Waals surface area contributed by atoms with Gasteiger partial charge in [-0.15, -0.1) is 0 Å². The molecule has 0 aromatic heterocycles. The molecule has 0 heterocycles. The Hall–Kier alpha value is -2.75. The van der Waals surface area contributed by atoms with Gasteiger partial charge in [0.25, 0.3) is 0 Å². The molecular weight excluding hydrogens is 314 g/mol. The molecule has 0 bridgehead atoms. The molecule has 0 saturated carbocycles. The largest absolute Gasteiger partial charge is 0.497 e. The summed E-state index contributed by atoms with van der Waals surface area (Å²) in [6, 6.07) is 17.1. The van der Waals surface area contributed by atoms with Gasteiger partial charge in [-0.25, -0.2) is 4.79 Å². The van der Waals surface area contributed by atoms with Gasteiger partial charge in [-0.2, -0.15) is 0 Å². The monoisotopic (exact) mass is 339 g/mol. The highest BCUT2D eigenvalue weighted by Crippen LogP contribution is 2.24. The number of benzene rings is 2. The third-order valence-electron chi connectivity index (χ3n) is 3.53. The van der Waals surface area contributed by atoms with E-state index in [2.05, 4.69) is 6.58 Å². The van der Waals surface area contributed by atoms with Crippen molar-refractivity contribution >= 4 is 17.4 Å². The second kappa shape index (κ2) is 7.88. The summed E-state index contributed by atoms with van der Waals surface area (Å²) in [6.45, 7) is 10.0. The number of rotatable bonds is 5. The lowest BCUT2D eigenvalue weighted by atomic mass is 10.1. The molecular formula is C21H25NO3. The van der Waals surface area contributed by atoms with E-state index in [-0.39, 0.29) is 0 Å². The number of anilines is 1. The third kappa shape index (κ3) is 5.38. The summed E-state index contributed by atoms with van der Waals surface area (Å²) >= 11 is 0. The summed E-state index contributed by atoms with van der Waals surface area (Å²) in [5.41, 5.74) is 1.98. The number of hydrogen-bond acceptors (Lipinski definition) is 3. The Morgan fingerprint density at radius 2 is 1.64 bits per heavy atom. The average Bonchev–Trinajstić information content (AvgIpc) is 2.59. The molecule has 4 heteroatoms. The molecule has 0 aliphatic carbocycles. The van der Waals surface area contributed by atoms with Gasteiger partial charge in [-0.05, 0) is 56.2 Å². The van der Waals surface area contributed by atoms with Crippen molar-refractivity contribution in [3.8, 4) is 5.75 Å². The Balaban J connectivity index is 2.27. The van der Waals surface area contributed by atoms with Crippen LogP contribution >= 0.6 is 0 Å². The Bertz CT molecular complexity index is 715. The van der Waals surface area contributed by atoms with Crippen molar-refractivity contribution in [1.29, 1.82) is 0 Å². The number of ether oxygens (including phenoxy) is 2. The Morgan fingerprint density at radius 3 is 2.16 bits per heavy atom. The second-order valence-electron chi connectivity index (χ2n) is 6.73. The molecule has 0 radical (unpaired) electrons. The molecule has 0 N–H and O–H groups in total. The number of hydrogen-bond donors (Lipinski definition) is 0. The maximum Gasteiger partial charge on any atom is 0.415 e. The van der Waals surface area contributed by atoms with Crippen molar-refractivity contribution in [3.05, 3.63) is 66.7 Å². The minimum atomic E-state index is -0.574. The van der Waals surface area contributed by atoms with Crippen LogP contribution in [0.25, 0.3) is 5.57 Å². The highest BCUT2D eigenvalue weighted by molar-refractivity contribution is 5.91. The SMILES string of the molecule is C=C(CN(C(=O)OC(C)(C)C)c1ccc(OC)cc1)c1ccccc1. The molecule has 0 fully saturated rings. The number of methoxy groups -OCH3 is 1. The molecule has 0 aliphatic heterocycles. The quantitative estimate of drug-likeness (QED) is 0.756. The van der Waals surface area contributed by atoms with E-state index in [9.17, 15) is 4.79 Å². The van der Waals surface area contributed by atoms with E-state index in [1.54, 1.807) is 12.0 Å². The summed E-state index contributed by atoms with van der Waals surface area (Å²) in [5, 5.41) is 0. The zero-order valence-electron chi connectivity index (χ0n) is 15.3. The molecule has 2 aromatic rings. The van der Waals surface area contributed by atoms with Crippen LogP contribution in [-0.4, -0.2) is 25.3 Å². The lowest BCUT2D eigenvalue weighted by Crippen LogP contribution is -2.37. The van der Waals surface area contributed by atoms with E-state index in [1.165, 1.54) is 0 Å². The normalized spacial score (nSPS) is 10.9. The number of carbonyl (C=O) groups excluding carboxylic acids is 1. The average molecular weight is 339 g/mol. The van der Waals surface area contributed by atoms with Crippen molar-refractivity contribution in [2.45, 2.75) is 26.4 Å². The topological polar surface area (TPSA) is 38.8 Å². The lowest BCUT2D eigenvalue weighted by molar-refractivity contribution is 0.0585. The number of carbonyl (C=O) groups is 1. The van der Waals surface area contributed by atoms with Crippen LogP contribution in [-0.2, 0) is 4.74 Å². The minimum Gasteiger partial charge on any atom is -0.497 e. The van der Waals surface area contributed by atoms with E-state index >= 15 is 0 Å². The molecule has 4 nitrogen and oxygen atoms in total. The summed E-state index contributed by atoms with van der Waals surface area (Å²) in [5.74, 6) is 0.731. The summed E-state index contributed by atoms with van der Waals surface area (Å²) in [7, 11) is 1.61. The van der Waals surface area contributed by atoms with Crippen molar-refractivity contribution in [2.24, 2.45) is 0 Å². The predicted molar refractivity (Wildman–Crippen MR) is 102 cm³/mol. The zero-order valence-corrected chi connectivity index (χ0v) is 15.3. The van der Waals surface area contributed by atoms with E-state index in [1.807, 2.05) is 75.4 Å². The highest BCUT2D eigenvalue weighted by Gasteiger charge is 2.24. The van der Waals surface area contributed by atoms with Crippen LogP contribution in [0.5, 0.6) is 5.75 Å². The first kappa shape index (κ1) is 18.6. The fourth-order valence-corrected chi connectivity index (χ4v) is 2.30. The van der Waals surface area contributed by atoms with Gasteiger partial charge >= 0.3 is 6.09 Å². The summed E-state index contributed by atoms with van der Waals surface area (Å²) < 4.78 is 10.8. The second-order valence-corrected chi connectivity index (χ2v) is 6.73. The molecule has 132 valence electrons. The minimum absolute atomic E-state index is 0.339. The Labute approximate surface area is 149 Å². The van der Waals surface area contributed by atoms with Gasteiger partial charge in [0, 0.05) is 5.69 Å². The first-order chi connectivity index (χ1) is 11.8. The fourth-order valence-electron chi connectivity index (χ4n) is 2.30. The highest BCUT2D eigenvalue weighted by atomic mass is 16.6. The first-order valence-electron chi connectivity index (χ1n) is 8.18. The summed E-state index contributed by atoms with van der Waals surface area (Å²) in [4.78, 5) is 14.3. The number of nitrogens with zero attached hydrogens (tertiary/aromatic N) is 1. The molecule has 0 spiro atoms. The molecule has 0 saturated heterocycles. The third-order valence-corrected chi connectivity index (χ3v) is 3.53. The van der Waals surface area contributed by atoms with Crippen LogP contribution in [0.15, 0.2) is 61.2 Å². The van der Waals surface area contributed by atoms with Crippen molar-refractivity contribution in [1.82, 2.24) is 0 Å². The molecule has 0 aliphatic rings. The zero-order chi connectivity index (χ0) is 18.4. The molecule has 1 amide bonds. The maximum atomic E-state index is 12.7. The van der Waals surface area contributed by atoms with Crippen molar-refractivity contribution in [2.75, 3.05) is 18.6 Å². The predicted octanol–water partition coefficient (Wildman–Crippen LogP) is 5.15. The van der Waals surface area contributed by atoms with Crippen LogP contribution in [0.3, 0.4) is 0 Å². The number of amides is 1. The van der Waals surface area contributed by atoms with E-state index < -0.39 is 11.7 Å². The van der Waals surface area contributed by atoms with Crippen molar-refractivity contribution in [3.63, 3.8) is 0 Å². The summed E-state index contributed by atoms with van der Waals surface area (Å²) in [6.07, 6.45) is -0.408. The molecule has 2 aromatic carbocycles. The van der Waals surface area contributed by atoms with Gasteiger partial charge in [0.15, 0.2) is 0 Å². The Kier molecular flexibility index (Phi) is 5.86.